The fraction of sp³-hybridized carbons (Fsp3) is 0.118. The van der Waals surface area contributed by atoms with Crippen molar-refractivity contribution in [3.05, 3.63) is 66.1 Å². The van der Waals surface area contributed by atoms with Crippen LogP contribution in [0.2, 0.25) is 0 Å². The molecule has 0 aliphatic heterocycles. The van der Waals surface area contributed by atoms with Gasteiger partial charge in [-0.3, -0.25) is 0 Å². The van der Waals surface area contributed by atoms with Crippen LogP contribution in [-0.2, 0) is 0 Å². The fourth-order valence-electron chi connectivity index (χ4n) is 2.41. The molecule has 0 fully saturated rings. The van der Waals surface area contributed by atoms with Crippen LogP contribution in [0.5, 0.6) is 0 Å². The Bertz CT molecular complexity index is 650. The van der Waals surface area contributed by atoms with Crippen LogP contribution >= 0.6 is 0 Å². The molecule has 0 unspecified atom stereocenters. The Kier molecular flexibility index (Phi) is 2.60. The predicted octanol–water partition coefficient (Wildman–Crippen LogP) is 4.95. The van der Waals surface area contributed by atoms with Crippen molar-refractivity contribution in [3.8, 4) is 22.3 Å². The minimum Gasteiger partial charge on any atom is -0.218 e. The first-order valence-corrected chi connectivity index (χ1v) is 6.13. The molecule has 3 rings (SSSR count). The molecule has 0 atom stereocenters. The summed E-state index contributed by atoms with van der Waals surface area (Å²) in [6, 6.07) is 19.1. The highest BCUT2D eigenvalue weighted by Crippen LogP contribution is 2.35. The van der Waals surface area contributed by atoms with Crippen molar-refractivity contribution in [2.45, 2.75) is 13.8 Å². The highest BCUT2D eigenvalue weighted by molar-refractivity contribution is 5.86. The maximum Gasteiger partial charge on any atom is 0.327 e. The van der Waals surface area contributed by atoms with Crippen LogP contribution in [0, 0.1) is 13.8 Å². The lowest BCUT2D eigenvalue weighted by molar-refractivity contribution is 0.487. The molecule has 0 saturated heterocycles. The minimum atomic E-state index is 0.944. The average molecular weight is 235 g/mol. The van der Waals surface area contributed by atoms with Gasteiger partial charge in [0.2, 0.25) is 0 Å². The van der Waals surface area contributed by atoms with Gasteiger partial charge in [0.05, 0.1) is 13.8 Å². The number of hydrogen-bond acceptors (Lipinski definition) is 0. The van der Waals surface area contributed by atoms with E-state index in [1.165, 1.54) is 22.3 Å². The number of rotatable bonds is 1. The zero-order valence-corrected chi connectivity index (χ0v) is 10.6. The highest BCUT2D eigenvalue weighted by atomic mass is 16.3. The lowest BCUT2D eigenvalue weighted by atomic mass is 10.0. The Labute approximate surface area is 107 Å². The number of hydrogen-bond donors (Lipinski definition) is 0. The van der Waals surface area contributed by atoms with E-state index in [-0.39, 0.29) is 0 Å². The van der Waals surface area contributed by atoms with Gasteiger partial charge < -0.3 is 0 Å². The van der Waals surface area contributed by atoms with Crippen molar-refractivity contribution in [3.63, 3.8) is 0 Å². The van der Waals surface area contributed by atoms with Crippen molar-refractivity contribution < 1.29 is 4.42 Å². The molecule has 18 heavy (non-hydrogen) atoms. The monoisotopic (exact) mass is 235 g/mol. The maximum atomic E-state index is 5.55. The van der Waals surface area contributed by atoms with E-state index in [4.69, 9.17) is 4.42 Å². The summed E-state index contributed by atoms with van der Waals surface area (Å²) in [5.74, 6) is 1.89. The number of fused-ring (bicyclic) bond motifs is 1. The van der Waals surface area contributed by atoms with Gasteiger partial charge in [-0.15, -0.1) is 0 Å². The Morgan fingerprint density at radius 3 is 2.11 bits per heavy atom. The second kappa shape index (κ2) is 4.26. The maximum absolute atomic E-state index is 5.55. The Morgan fingerprint density at radius 1 is 0.667 bits per heavy atom. The lowest BCUT2D eigenvalue weighted by Gasteiger charge is -2.00. The molecular formula is C17H15O+. The zero-order valence-electron chi connectivity index (χ0n) is 10.6. The van der Waals surface area contributed by atoms with Gasteiger partial charge in [0.15, 0.2) is 0 Å². The van der Waals surface area contributed by atoms with Crippen LogP contribution in [0.1, 0.15) is 11.5 Å². The molecule has 0 N–H and O–H groups in total. The fourth-order valence-corrected chi connectivity index (χ4v) is 2.41. The van der Waals surface area contributed by atoms with Gasteiger partial charge >= 0.3 is 11.5 Å². The molecule has 0 amide bonds. The van der Waals surface area contributed by atoms with Crippen molar-refractivity contribution in [2.75, 3.05) is 0 Å². The summed E-state index contributed by atoms with van der Waals surface area (Å²) in [7, 11) is 0. The molecular weight excluding hydrogens is 220 g/mol. The third kappa shape index (κ3) is 1.88. The summed E-state index contributed by atoms with van der Waals surface area (Å²) < 4.78 is 5.55. The molecule has 0 radical (unpaired) electrons. The quantitative estimate of drug-likeness (QED) is 0.543. The Balaban J connectivity index is 2.22. The molecule has 2 aliphatic rings. The molecule has 1 aromatic heterocycles. The summed E-state index contributed by atoms with van der Waals surface area (Å²) in [5, 5.41) is 0. The van der Waals surface area contributed by atoms with Crippen LogP contribution in [-0.4, -0.2) is 0 Å². The molecule has 0 spiro atoms. The molecule has 1 heteroatoms. The van der Waals surface area contributed by atoms with Crippen molar-refractivity contribution in [1.82, 2.24) is 0 Å². The van der Waals surface area contributed by atoms with Gasteiger partial charge in [0.1, 0.15) is 0 Å². The zero-order chi connectivity index (χ0) is 12.5. The van der Waals surface area contributed by atoms with Crippen molar-refractivity contribution in [2.24, 2.45) is 0 Å². The van der Waals surface area contributed by atoms with Gasteiger partial charge in [0.25, 0.3) is 0 Å². The molecule has 0 aromatic carbocycles. The van der Waals surface area contributed by atoms with E-state index in [0.29, 0.717) is 0 Å². The molecule has 0 saturated carbocycles. The van der Waals surface area contributed by atoms with E-state index in [9.17, 15) is 0 Å². The molecule has 0 bridgehead atoms. The first-order valence-electron chi connectivity index (χ1n) is 6.13. The first-order chi connectivity index (χ1) is 8.74. The van der Waals surface area contributed by atoms with E-state index in [2.05, 4.69) is 54.6 Å². The average Bonchev–Trinajstić information content (AvgIpc) is 2.57. The first kappa shape index (κ1) is 11.0. The van der Waals surface area contributed by atoms with Crippen LogP contribution < -0.4 is 0 Å². The van der Waals surface area contributed by atoms with E-state index in [0.717, 1.165) is 11.5 Å². The standard InChI is InChI=1S/C17H15O/c1-12-10-15(11-13(2)18-12)17-9-8-14-6-4-3-5-7-16(14)17/h3-11H,1-2H3/q+1. The minimum absolute atomic E-state index is 0.944. The molecule has 1 heterocycles. The SMILES string of the molecule is Cc1cc(-c2ccc3cccccc2-3)cc(C)[o+]1. The second-order valence-corrected chi connectivity index (χ2v) is 4.59. The Morgan fingerprint density at radius 2 is 1.33 bits per heavy atom. The molecule has 2 aliphatic carbocycles. The number of aryl methyl sites for hydroxylation is 2. The third-order valence-corrected chi connectivity index (χ3v) is 3.14. The summed E-state index contributed by atoms with van der Waals surface area (Å²) in [6.45, 7) is 3.98. The lowest BCUT2D eigenvalue weighted by Crippen LogP contribution is -1.82. The van der Waals surface area contributed by atoms with Crippen LogP contribution in [0.15, 0.2) is 59.0 Å². The van der Waals surface area contributed by atoms with E-state index < -0.39 is 0 Å². The summed E-state index contributed by atoms with van der Waals surface area (Å²) >= 11 is 0. The van der Waals surface area contributed by atoms with Gasteiger partial charge in [-0.1, -0.05) is 42.5 Å². The largest absolute Gasteiger partial charge is 0.327 e. The van der Waals surface area contributed by atoms with Crippen LogP contribution in [0.4, 0.5) is 0 Å². The predicted molar refractivity (Wildman–Crippen MR) is 74.6 cm³/mol. The van der Waals surface area contributed by atoms with Crippen LogP contribution in [0.25, 0.3) is 22.3 Å². The topological polar surface area (TPSA) is 11.3 Å². The van der Waals surface area contributed by atoms with E-state index in [1.807, 2.05) is 13.8 Å². The molecule has 1 nitrogen and oxygen atoms in total. The third-order valence-electron chi connectivity index (χ3n) is 3.14. The van der Waals surface area contributed by atoms with Gasteiger partial charge in [0, 0.05) is 17.7 Å². The van der Waals surface area contributed by atoms with Gasteiger partial charge in [-0.25, -0.2) is 4.42 Å². The summed E-state index contributed by atoms with van der Waals surface area (Å²) in [6.07, 6.45) is 0. The smallest absolute Gasteiger partial charge is 0.218 e. The van der Waals surface area contributed by atoms with Gasteiger partial charge in [-0.2, -0.15) is 0 Å². The second-order valence-electron chi connectivity index (χ2n) is 4.59. The van der Waals surface area contributed by atoms with E-state index >= 15 is 0 Å². The summed E-state index contributed by atoms with van der Waals surface area (Å²) in [4.78, 5) is 0. The summed E-state index contributed by atoms with van der Waals surface area (Å²) in [5.41, 5.74) is 5.04. The normalized spacial score (nSPS) is 10.8. The van der Waals surface area contributed by atoms with Crippen molar-refractivity contribution in [1.29, 1.82) is 0 Å². The Hall–Kier alpha value is -2.15. The van der Waals surface area contributed by atoms with Gasteiger partial charge in [-0.05, 0) is 16.7 Å². The highest BCUT2D eigenvalue weighted by Gasteiger charge is 2.14. The molecule has 88 valence electrons. The molecule has 1 aromatic rings. The van der Waals surface area contributed by atoms with Crippen molar-refractivity contribution >= 4 is 0 Å². The van der Waals surface area contributed by atoms with E-state index in [1.54, 1.807) is 0 Å². The van der Waals surface area contributed by atoms with Crippen LogP contribution in [0.3, 0.4) is 0 Å².